The molecule has 0 saturated heterocycles. The SMILES string of the molecule is O=[C]OCCOc1cccc2ccccc12. The van der Waals surface area contributed by atoms with Crippen molar-refractivity contribution in [1.82, 2.24) is 0 Å². The van der Waals surface area contributed by atoms with Crippen LogP contribution in [0.25, 0.3) is 10.8 Å². The average molecular weight is 215 g/mol. The van der Waals surface area contributed by atoms with Crippen LogP contribution in [0.4, 0.5) is 0 Å². The van der Waals surface area contributed by atoms with Crippen molar-refractivity contribution in [2.24, 2.45) is 0 Å². The zero-order valence-corrected chi connectivity index (χ0v) is 8.68. The van der Waals surface area contributed by atoms with Gasteiger partial charge in [-0.25, -0.2) is 4.79 Å². The third-order valence-electron chi connectivity index (χ3n) is 2.25. The number of benzene rings is 2. The molecule has 2 aromatic rings. The van der Waals surface area contributed by atoms with Crippen molar-refractivity contribution in [2.45, 2.75) is 0 Å². The summed E-state index contributed by atoms with van der Waals surface area (Å²) in [6, 6.07) is 13.8. The lowest BCUT2D eigenvalue weighted by Crippen LogP contribution is -2.05. The minimum Gasteiger partial charge on any atom is -0.489 e. The maximum atomic E-state index is 9.83. The molecule has 0 N–H and O–H groups in total. The Labute approximate surface area is 93.6 Å². The Hall–Kier alpha value is -2.03. The fraction of sp³-hybridized carbons (Fsp3) is 0.154. The quantitative estimate of drug-likeness (QED) is 0.718. The first-order valence-electron chi connectivity index (χ1n) is 5.01. The number of ether oxygens (including phenoxy) is 2. The Morgan fingerprint density at radius 3 is 2.69 bits per heavy atom. The Kier molecular flexibility index (Phi) is 3.38. The van der Waals surface area contributed by atoms with E-state index in [1.807, 2.05) is 42.5 Å². The maximum absolute atomic E-state index is 9.83. The summed E-state index contributed by atoms with van der Waals surface area (Å²) >= 11 is 0. The predicted molar refractivity (Wildman–Crippen MR) is 61.1 cm³/mol. The van der Waals surface area contributed by atoms with Crippen LogP contribution in [0.2, 0.25) is 0 Å². The molecule has 0 aromatic heterocycles. The van der Waals surface area contributed by atoms with E-state index in [9.17, 15) is 4.79 Å². The van der Waals surface area contributed by atoms with Gasteiger partial charge < -0.3 is 9.47 Å². The molecule has 0 bridgehead atoms. The van der Waals surface area contributed by atoms with Gasteiger partial charge in [-0.05, 0) is 11.5 Å². The highest BCUT2D eigenvalue weighted by atomic mass is 16.5. The fourth-order valence-electron chi connectivity index (χ4n) is 1.56. The number of hydrogen-bond acceptors (Lipinski definition) is 3. The Balaban J connectivity index is 2.14. The van der Waals surface area contributed by atoms with Gasteiger partial charge in [-0.1, -0.05) is 36.4 Å². The standard InChI is InChI=1S/C13H11O3/c14-10-15-8-9-16-13-7-3-5-11-4-1-2-6-12(11)13/h1-7H,8-9H2. The van der Waals surface area contributed by atoms with Crippen molar-refractivity contribution >= 4 is 17.2 Å². The molecule has 0 heterocycles. The normalized spacial score (nSPS) is 10.0. The van der Waals surface area contributed by atoms with Crippen LogP contribution in [-0.4, -0.2) is 19.7 Å². The van der Waals surface area contributed by atoms with E-state index in [0.29, 0.717) is 6.61 Å². The van der Waals surface area contributed by atoms with Crippen LogP contribution in [0.15, 0.2) is 42.5 Å². The Morgan fingerprint density at radius 1 is 1.00 bits per heavy atom. The molecule has 3 nitrogen and oxygen atoms in total. The minimum atomic E-state index is 0.215. The van der Waals surface area contributed by atoms with E-state index in [1.165, 1.54) is 6.47 Å². The van der Waals surface area contributed by atoms with Gasteiger partial charge in [-0.15, -0.1) is 0 Å². The summed E-state index contributed by atoms with van der Waals surface area (Å²) in [6.45, 7) is 1.91. The molecule has 0 aliphatic rings. The molecule has 0 saturated carbocycles. The molecule has 0 aliphatic carbocycles. The second-order valence-corrected chi connectivity index (χ2v) is 3.26. The van der Waals surface area contributed by atoms with E-state index in [2.05, 4.69) is 4.74 Å². The number of carbonyl (C=O) groups excluding carboxylic acids is 1. The first-order chi connectivity index (χ1) is 7.92. The maximum Gasteiger partial charge on any atom is 0.417 e. The van der Waals surface area contributed by atoms with Gasteiger partial charge in [0.1, 0.15) is 19.0 Å². The summed E-state index contributed by atoms with van der Waals surface area (Å²) < 4.78 is 9.95. The Bertz CT molecular complexity index is 474. The van der Waals surface area contributed by atoms with Crippen molar-refractivity contribution < 1.29 is 14.3 Å². The summed E-state index contributed by atoms with van der Waals surface area (Å²) in [5.41, 5.74) is 0. The predicted octanol–water partition coefficient (Wildman–Crippen LogP) is 2.30. The van der Waals surface area contributed by atoms with Crippen LogP contribution < -0.4 is 4.74 Å². The third kappa shape index (κ3) is 2.31. The zero-order chi connectivity index (χ0) is 11.2. The molecule has 2 aromatic carbocycles. The summed E-state index contributed by atoms with van der Waals surface area (Å²) in [5.74, 6) is 0.799. The van der Waals surface area contributed by atoms with Crippen molar-refractivity contribution in [2.75, 3.05) is 13.2 Å². The van der Waals surface area contributed by atoms with Crippen LogP contribution in [0, 0.1) is 0 Å². The van der Waals surface area contributed by atoms with Gasteiger partial charge in [-0.2, -0.15) is 0 Å². The molecule has 3 heteroatoms. The first kappa shape index (κ1) is 10.5. The van der Waals surface area contributed by atoms with Gasteiger partial charge in [0.05, 0.1) is 0 Å². The first-order valence-corrected chi connectivity index (χ1v) is 5.01. The molecule has 0 aliphatic heterocycles. The summed E-state index contributed by atoms with van der Waals surface area (Å²) in [6.07, 6.45) is 0. The topological polar surface area (TPSA) is 35.5 Å². The van der Waals surface area contributed by atoms with Crippen LogP contribution in [0.5, 0.6) is 5.75 Å². The van der Waals surface area contributed by atoms with E-state index in [4.69, 9.17) is 4.74 Å². The van der Waals surface area contributed by atoms with Gasteiger partial charge in [-0.3, -0.25) is 0 Å². The molecule has 0 unspecified atom stereocenters. The second kappa shape index (κ2) is 5.16. The van der Waals surface area contributed by atoms with E-state index >= 15 is 0 Å². The van der Waals surface area contributed by atoms with E-state index in [1.54, 1.807) is 0 Å². The fourth-order valence-corrected chi connectivity index (χ4v) is 1.56. The van der Waals surface area contributed by atoms with Crippen molar-refractivity contribution in [1.29, 1.82) is 0 Å². The van der Waals surface area contributed by atoms with Gasteiger partial charge in [0.2, 0.25) is 0 Å². The highest BCUT2D eigenvalue weighted by molar-refractivity contribution is 5.88. The molecular weight excluding hydrogens is 204 g/mol. The molecule has 0 atom stereocenters. The van der Waals surface area contributed by atoms with Gasteiger partial charge in [0.15, 0.2) is 0 Å². The third-order valence-corrected chi connectivity index (χ3v) is 2.25. The monoisotopic (exact) mass is 215 g/mol. The molecule has 2 rings (SSSR count). The van der Waals surface area contributed by atoms with Crippen LogP contribution >= 0.6 is 0 Å². The molecule has 0 fully saturated rings. The van der Waals surface area contributed by atoms with E-state index < -0.39 is 0 Å². The molecule has 1 radical (unpaired) electrons. The van der Waals surface area contributed by atoms with E-state index in [-0.39, 0.29) is 6.61 Å². The lowest BCUT2D eigenvalue weighted by atomic mass is 10.1. The largest absolute Gasteiger partial charge is 0.489 e. The summed E-state index contributed by atoms with van der Waals surface area (Å²) in [7, 11) is 0. The highest BCUT2D eigenvalue weighted by Crippen LogP contribution is 2.24. The lowest BCUT2D eigenvalue weighted by molar-refractivity contribution is 0.201. The number of fused-ring (bicyclic) bond motifs is 1. The van der Waals surface area contributed by atoms with Gasteiger partial charge in [0, 0.05) is 5.39 Å². The van der Waals surface area contributed by atoms with Crippen LogP contribution in [-0.2, 0) is 9.53 Å². The number of hydrogen-bond donors (Lipinski definition) is 0. The van der Waals surface area contributed by atoms with Crippen LogP contribution in [0.1, 0.15) is 0 Å². The van der Waals surface area contributed by atoms with Crippen molar-refractivity contribution in [3.05, 3.63) is 42.5 Å². The van der Waals surface area contributed by atoms with Gasteiger partial charge in [0.25, 0.3) is 0 Å². The molecule has 0 amide bonds. The second-order valence-electron chi connectivity index (χ2n) is 3.26. The summed E-state index contributed by atoms with van der Waals surface area (Å²) in [4.78, 5) is 9.83. The molecule has 81 valence electrons. The molecule has 0 spiro atoms. The van der Waals surface area contributed by atoms with E-state index in [0.717, 1.165) is 16.5 Å². The van der Waals surface area contributed by atoms with Gasteiger partial charge >= 0.3 is 6.47 Å². The van der Waals surface area contributed by atoms with Crippen molar-refractivity contribution in [3.63, 3.8) is 0 Å². The zero-order valence-electron chi connectivity index (χ0n) is 8.68. The minimum absolute atomic E-state index is 0.215. The Morgan fingerprint density at radius 2 is 1.81 bits per heavy atom. The highest BCUT2D eigenvalue weighted by Gasteiger charge is 2.00. The molecule has 16 heavy (non-hydrogen) atoms. The molecular formula is C13H11O3. The average Bonchev–Trinajstić information content (AvgIpc) is 2.35. The number of rotatable bonds is 5. The lowest BCUT2D eigenvalue weighted by Gasteiger charge is -2.08. The summed E-state index contributed by atoms with van der Waals surface area (Å²) in [5, 5.41) is 2.18. The smallest absolute Gasteiger partial charge is 0.417 e. The van der Waals surface area contributed by atoms with Crippen LogP contribution in [0.3, 0.4) is 0 Å². The van der Waals surface area contributed by atoms with Crippen molar-refractivity contribution in [3.8, 4) is 5.75 Å².